The number of carbonyl (C=O) groups is 2. The van der Waals surface area contributed by atoms with Crippen molar-refractivity contribution < 1.29 is 22.8 Å². The lowest BCUT2D eigenvalue weighted by molar-refractivity contribution is 0.0995. The number of urea groups is 1. The number of nitrogens with two attached hydrogens (primary N) is 1. The first-order chi connectivity index (χ1) is 11.8. The Morgan fingerprint density at radius 2 is 1.92 bits per heavy atom. The fourth-order valence-electron chi connectivity index (χ4n) is 3.47. The number of hydrogen-bond acceptors (Lipinski definition) is 3. The molecular formula is C16H19F3N4O2. The minimum Gasteiger partial charge on any atom is -0.366 e. The van der Waals surface area contributed by atoms with E-state index in [1.54, 1.807) is 16.8 Å². The van der Waals surface area contributed by atoms with Crippen LogP contribution < -0.4 is 10.6 Å². The lowest BCUT2D eigenvalue weighted by Crippen LogP contribution is -2.49. The van der Waals surface area contributed by atoms with E-state index in [0.717, 1.165) is 0 Å². The number of halogens is 3. The molecule has 2 aliphatic heterocycles. The number of anilines is 1. The lowest BCUT2D eigenvalue weighted by Gasteiger charge is -2.38. The largest absolute Gasteiger partial charge is 0.366 e. The number of likely N-dealkylation sites (N-methyl/N-ethyl adjacent to an activating group) is 1. The van der Waals surface area contributed by atoms with E-state index in [-0.39, 0.29) is 18.6 Å². The highest BCUT2D eigenvalue weighted by Crippen LogP contribution is 2.31. The van der Waals surface area contributed by atoms with Gasteiger partial charge in [-0.25, -0.2) is 18.0 Å². The van der Waals surface area contributed by atoms with Crippen molar-refractivity contribution >= 4 is 17.6 Å². The molecule has 2 heterocycles. The van der Waals surface area contributed by atoms with Gasteiger partial charge in [0, 0.05) is 33.2 Å². The van der Waals surface area contributed by atoms with Crippen LogP contribution in [0.5, 0.6) is 0 Å². The first-order valence-electron chi connectivity index (χ1n) is 8.05. The van der Waals surface area contributed by atoms with Gasteiger partial charge in [-0.1, -0.05) is 0 Å². The number of benzene rings is 1. The van der Waals surface area contributed by atoms with Gasteiger partial charge in [-0.15, -0.1) is 0 Å². The second-order valence-corrected chi connectivity index (χ2v) is 6.39. The standard InChI is InChI=1S/C16H19F3N4O2/c1-21-5-6-23(16(21)25)9-3-2-4-22(8-9)14-11(17)7-10(15(20)24)12(18)13(14)19/h7,9H,2-6,8H2,1H3,(H2,20,24). The van der Waals surface area contributed by atoms with Crippen LogP contribution in [0.15, 0.2) is 6.07 Å². The van der Waals surface area contributed by atoms with Gasteiger partial charge in [0.25, 0.3) is 5.91 Å². The summed E-state index contributed by atoms with van der Waals surface area (Å²) in [5.74, 6) is -5.16. The molecule has 3 amide bonds. The minimum absolute atomic E-state index is 0.122. The van der Waals surface area contributed by atoms with Gasteiger partial charge in [-0.05, 0) is 18.9 Å². The first-order valence-corrected chi connectivity index (χ1v) is 8.05. The summed E-state index contributed by atoms with van der Waals surface area (Å²) in [5, 5.41) is 0. The molecule has 1 unspecified atom stereocenters. The molecule has 0 aliphatic carbocycles. The first kappa shape index (κ1) is 17.4. The molecule has 25 heavy (non-hydrogen) atoms. The van der Waals surface area contributed by atoms with Gasteiger partial charge in [0.05, 0.1) is 11.6 Å². The maximum Gasteiger partial charge on any atom is 0.320 e. The molecule has 2 saturated heterocycles. The van der Waals surface area contributed by atoms with Gasteiger partial charge in [0.2, 0.25) is 0 Å². The number of amides is 3. The maximum absolute atomic E-state index is 14.4. The summed E-state index contributed by atoms with van der Waals surface area (Å²) in [6.45, 7) is 1.67. The predicted octanol–water partition coefficient (Wildman–Crippen LogP) is 1.54. The van der Waals surface area contributed by atoms with Gasteiger partial charge < -0.3 is 20.4 Å². The molecule has 1 atom stereocenters. The van der Waals surface area contributed by atoms with Gasteiger partial charge in [-0.2, -0.15) is 0 Å². The summed E-state index contributed by atoms with van der Waals surface area (Å²) < 4.78 is 42.7. The Kier molecular flexibility index (Phi) is 4.49. The van der Waals surface area contributed by atoms with Gasteiger partial charge in [0.1, 0.15) is 5.69 Å². The van der Waals surface area contributed by atoms with Crippen molar-refractivity contribution in [3.8, 4) is 0 Å². The van der Waals surface area contributed by atoms with Crippen molar-refractivity contribution in [2.24, 2.45) is 5.73 Å². The van der Waals surface area contributed by atoms with E-state index in [4.69, 9.17) is 5.73 Å². The Morgan fingerprint density at radius 1 is 1.20 bits per heavy atom. The van der Waals surface area contributed by atoms with Crippen molar-refractivity contribution in [1.82, 2.24) is 9.80 Å². The van der Waals surface area contributed by atoms with Crippen molar-refractivity contribution in [2.45, 2.75) is 18.9 Å². The van der Waals surface area contributed by atoms with Gasteiger partial charge in [0.15, 0.2) is 17.5 Å². The summed E-state index contributed by atoms with van der Waals surface area (Å²) in [4.78, 5) is 27.9. The Morgan fingerprint density at radius 3 is 2.52 bits per heavy atom. The Bertz CT molecular complexity index is 728. The number of carbonyl (C=O) groups excluding carboxylic acids is 2. The molecule has 0 spiro atoms. The van der Waals surface area contributed by atoms with Gasteiger partial charge in [-0.3, -0.25) is 4.79 Å². The van der Waals surface area contributed by atoms with Crippen molar-refractivity contribution in [2.75, 3.05) is 38.1 Å². The summed E-state index contributed by atoms with van der Waals surface area (Å²) in [5.41, 5.74) is 3.60. The van der Waals surface area contributed by atoms with E-state index in [9.17, 15) is 22.8 Å². The molecule has 1 aromatic rings. The second-order valence-electron chi connectivity index (χ2n) is 6.39. The number of hydrogen-bond donors (Lipinski definition) is 1. The smallest absolute Gasteiger partial charge is 0.320 e. The zero-order chi connectivity index (χ0) is 18.3. The zero-order valence-electron chi connectivity index (χ0n) is 13.8. The highest BCUT2D eigenvalue weighted by atomic mass is 19.2. The van der Waals surface area contributed by atoms with Crippen molar-refractivity contribution in [1.29, 1.82) is 0 Å². The van der Waals surface area contributed by atoms with Crippen LogP contribution in [0.4, 0.5) is 23.7 Å². The third kappa shape index (κ3) is 2.98. The van der Waals surface area contributed by atoms with Crippen LogP contribution >= 0.6 is 0 Å². The molecule has 2 N–H and O–H groups in total. The molecule has 0 bridgehead atoms. The van der Waals surface area contributed by atoms with Crippen LogP contribution in [0.1, 0.15) is 23.2 Å². The predicted molar refractivity (Wildman–Crippen MR) is 84.8 cm³/mol. The molecule has 0 saturated carbocycles. The van der Waals surface area contributed by atoms with Crippen LogP contribution in [-0.2, 0) is 0 Å². The van der Waals surface area contributed by atoms with Crippen LogP contribution in [0.2, 0.25) is 0 Å². The van der Waals surface area contributed by atoms with E-state index >= 15 is 0 Å². The van der Waals surface area contributed by atoms with Crippen molar-refractivity contribution in [3.05, 3.63) is 29.1 Å². The number of nitrogens with zero attached hydrogens (tertiary/aromatic N) is 3. The average Bonchev–Trinajstić information content (AvgIpc) is 2.90. The lowest BCUT2D eigenvalue weighted by atomic mass is 10.0. The van der Waals surface area contributed by atoms with E-state index in [0.29, 0.717) is 38.5 Å². The fourth-order valence-corrected chi connectivity index (χ4v) is 3.47. The molecule has 3 rings (SSSR count). The normalized spacial score (nSPS) is 21.2. The molecule has 6 nitrogen and oxygen atoms in total. The highest BCUT2D eigenvalue weighted by molar-refractivity contribution is 5.93. The average molecular weight is 356 g/mol. The highest BCUT2D eigenvalue weighted by Gasteiger charge is 2.36. The monoisotopic (exact) mass is 356 g/mol. The Hall–Kier alpha value is -2.45. The molecule has 9 heteroatoms. The van der Waals surface area contributed by atoms with Crippen LogP contribution in [0.3, 0.4) is 0 Å². The molecule has 2 fully saturated rings. The Labute approximate surface area is 143 Å². The molecule has 136 valence electrons. The minimum atomic E-state index is -1.46. The Balaban J connectivity index is 1.88. The topological polar surface area (TPSA) is 69.9 Å². The molecule has 2 aliphatic rings. The zero-order valence-corrected chi connectivity index (χ0v) is 13.8. The molecule has 0 aromatic heterocycles. The number of piperidine rings is 1. The molecular weight excluding hydrogens is 337 g/mol. The molecule has 0 radical (unpaired) electrons. The SMILES string of the molecule is CN1CCN(C2CCCN(c3c(F)cc(C(N)=O)c(F)c3F)C2)C1=O. The third-order valence-electron chi connectivity index (χ3n) is 4.80. The summed E-state index contributed by atoms with van der Waals surface area (Å²) in [7, 11) is 1.69. The second kappa shape index (κ2) is 6.45. The number of rotatable bonds is 3. The fraction of sp³-hybridized carbons (Fsp3) is 0.500. The van der Waals surface area contributed by atoms with Crippen LogP contribution in [0.25, 0.3) is 0 Å². The quantitative estimate of drug-likeness (QED) is 0.836. The van der Waals surface area contributed by atoms with E-state index in [1.807, 2.05) is 0 Å². The molecule has 1 aromatic carbocycles. The van der Waals surface area contributed by atoms with Crippen LogP contribution in [-0.4, -0.2) is 61.0 Å². The van der Waals surface area contributed by atoms with Crippen molar-refractivity contribution in [3.63, 3.8) is 0 Å². The van der Waals surface area contributed by atoms with Crippen LogP contribution in [0, 0.1) is 17.5 Å². The number of primary amides is 1. The third-order valence-corrected chi connectivity index (χ3v) is 4.80. The van der Waals surface area contributed by atoms with E-state index in [2.05, 4.69) is 0 Å². The maximum atomic E-state index is 14.4. The summed E-state index contributed by atoms with van der Waals surface area (Å²) in [6, 6.07) is 0.293. The van der Waals surface area contributed by atoms with E-state index in [1.165, 1.54) is 4.90 Å². The summed E-state index contributed by atoms with van der Waals surface area (Å²) in [6.07, 6.45) is 1.32. The van der Waals surface area contributed by atoms with Gasteiger partial charge >= 0.3 is 6.03 Å². The summed E-state index contributed by atoms with van der Waals surface area (Å²) >= 11 is 0. The van der Waals surface area contributed by atoms with E-state index < -0.39 is 34.6 Å².